The highest BCUT2D eigenvalue weighted by Crippen LogP contribution is 2.22. The van der Waals surface area contributed by atoms with Gasteiger partial charge in [-0.25, -0.2) is 0 Å². The molecule has 4 nitrogen and oxygen atoms in total. The van der Waals surface area contributed by atoms with Crippen LogP contribution in [0.4, 0.5) is 0 Å². The number of aryl methyl sites for hydroxylation is 1. The molecule has 0 aliphatic carbocycles. The van der Waals surface area contributed by atoms with E-state index in [1.807, 2.05) is 6.92 Å². The predicted molar refractivity (Wildman–Crippen MR) is 66.1 cm³/mol. The van der Waals surface area contributed by atoms with Crippen LogP contribution in [0.1, 0.15) is 34.5 Å². The molecular formula is C13H19NO3. The van der Waals surface area contributed by atoms with Crippen molar-refractivity contribution in [3.63, 3.8) is 0 Å². The highest BCUT2D eigenvalue weighted by atomic mass is 16.3. The summed E-state index contributed by atoms with van der Waals surface area (Å²) in [6.07, 6.45) is -1.87. The Hall–Kier alpha value is -1.23. The summed E-state index contributed by atoms with van der Waals surface area (Å²) in [5.41, 5.74) is 2.00. The number of aliphatic hydroxyl groups excluding tert-OH is 2. The molecule has 0 heterocycles. The van der Waals surface area contributed by atoms with Gasteiger partial charge < -0.3 is 15.5 Å². The van der Waals surface area contributed by atoms with E-state index in [0.29, 0.717) is 17.7 Å². The first-order valence-electron chi connectivity index (χ1n) is 5.59. The predicted octanol–water partition coefficient (Wildman–Crippen LogP) is 0.811. The van der Waals surface area contributed by atoms with Gasteiger partial charge in [-0.3, -0.25) is 4.79 Å². The molecule has 0 saturated carbocycles. The number of aliphatic hydroxyl groups is 2. The van der Waals surface area contributed by atoms with E-state index in [1.165, 1.54) is 6.92 Å². The number of benzene rings is 1. The first-order chi connectivity index (χ1) is 7.97. The van der Waals surface area contributed by atoms with Crippen molar-refractivity contribution < 1.29 is 15.0 Å². The van der Waals surface area contributed by atoms with Crippen LogP contribution >= 0.6 is 0 Å². The first kappa shape index (κ1) is 13.8. The van der Waals surface area contributed by atoms with Crippen LogP contribution in [-0.4, -0.2) is 35.7 Å². The second kappa shape index (κ2) is 5.91. The van der Waals surface area contributed by atoms with Crippen molar-refractivity contribution in [3.8, 4) is 0 Å². The number of Topliss-reactive ketones (excluding diaryl/α,β-unsaturated/α-hetero) is 1. The first-order valence-corrected chi connectivity index (χ1v) is 5.59. The molecule has 0 aliphatic rings. The van der Waals surface area contributed by atoms with Crippen LogP contribution < -0.4 is 5.32 Å². The van der Waals surface area contributed by atoms with Gasteiger partial charge in [-0.15, -0.1) is 0 Å². The standard InChI is InChI=1S/C13H19NO3/c1-8-4-5-10(9(2)15)6-11(8)13(17)12(16)7-14-3/h4-6,12-14,16-17H,7H2,1-3H3. The van der Waals surface area contributed by atoms with Crippen molar-refractivity contribution in [2.45, 2.75) is 26.1 Å². The summed E-state index contributed by atoms with van der Waals surface area (Å²) in [5.74, 6) is -0.0541. The van der Waals surface area contributed by atoms with Crippen molar-refractivity contribution in [3.05, 3.63) is 34.9 Å². The molecule has 0 amide bonds. The van der Waals surface area contributed by atoms with Gasteiger partial charge in [-0.2, -0.15) is 0 Å². The SMILES string of the molecule is CNCC(O)C(O)c1cc(C(C)=O)ccc1C. The van der Waals surface area contributed by atoms with Gasteiger partial charge in [0.2, 0.25) is 0 Å². The number of hydrogen-bond donors (Lipinski definition) is 3. The smallest absolute Gasteiger partial charge is 0.159 e. The maximum atomic E-state index is 11.3. The number of carbonyl (C=O) groups excluding carboxylic acids is 1. The zero-order valence-corrected chi connectivity index (χ0v) is 10.4. The van der Waals surface area contributed by atoms with Crippen LogP contribution in [0.3, 0.4) is 0 Å². The molecule has 94 valence electrons. The van der Waals surface area contributed by atoms with Gasteiger partial charge in [-0.1, -0.05) is 12.1 Å². The minimum atomic E-state index is -0.984. The number of rotatable bonds is 5. The molecule has 3 N–H and O–H groups in total. The second-order valence-electron chi connectivity index (χ2n) is 4.20. The largest absolute Gasteiger partial charge is 0.389 e. The quantitative estimate of drug-likeness (QED) is 0.663. The topological polar surface area (TPSA) is 69.6 Å². The van der Waals surface area contributed by atoms with E-state index < -0.39 is 12.2 Å². The normalized spacial score (nSPS) is 14.4. The van der Waals surface area contributed by atoms with E-state index in [1.54, 1.807) is 25.2 Å². The van der Waals surface area contributed by atoms with E-state index in [9.17, 15) is 15.0 Å². The Bertz CT molecular complexity index is 404. The number of nitrogens with one attached hydrogen (secondary N) is 1. The third-order valence-corrected chi connectivity index (χ3v) is 2.78. The van der Waals surface area contributed by atoms with Crippen LogP contribution in [0.5, 0.6) is 0 Å². The molecule has 2 unspecified atom stereocenters. The average Bonchev–Trinajstić information content (AvgIpc) is 2.28. The van der Waals surface area contributed by atoms with Gasteiger partial charge in [0.1, 0.15) is 6.10 Å². The van der Waals surface area contributed by atoms with Gasteiger partial charge >= 0.3 is 0 Å². The fraction of sp³-hybridized carbons (Fsp3) is 0.462. The molecule has 0 spiro atoms. The van der Waals surface area contributed by atoms with Crippen LogP contribution in [0, 0.1) is 6.92 Å². The molecule has 0 fully saturated rings. The Balaban J connectivity index is 3.03. The highest BCUT2D eigenvalue weighted by Gasteiger charge is 2.20. The summed E-state index contributed by atoms with van der Waals surface area (Å²) in [4.78, 5) is 11.3. The Morgan fingerprint density at radius 1 is 1.41 bits per heavy atom. The summed E-state index contributed by atoms with van der Waals surface area (Å²) in [6.45, 7) is 3.62. The lowest BCUT2D eigenvalue weighted by molar-refractivity contribution is 0.0198. The Labute approximate surface area is 101 Å². The molecule has 1 aromatic carbocycles. The van der Waals surface area contributed by atoms with E-state index in [0.717, 1.165) is 5.56 Å². The summed E-state index contributed by atoms with van der Waals surface area (Å²) < 4.78 is 0. The molecule has 0 bridgehead atoms. The Morgan fingerprint density at radius 3 is 2.59 bits per heavy atom. The Morgan fingerprint density at radius 2 is 2.06 bits per heavy atom. The molecular weight excluding hydrogens is 218 g/mol. The van der Waals surface area contributed by atoms with Gasteiger partial charge in [0.25, 0.3) is 0 Å². The maximum Gasteiger partial charge on any atom is 0.159 e. The van der Waals surface area contributed by atoms with Crippen LogP contribution in [-0.2, 0) is 0 Å². The lowest BCUT2D eigenvalue weighted by Crippen LogP contribution is -2.30. The monoisotopic (exact) mass is 237 g/mol. The van der Waals surface area contributed by atoms with Gasteiger partial charge in [0, 0.05) is 12.1 Å². The van der Waals surface area contributed by atoms with Crippen molar-refractivity contribution in [1.82, 2.24) is 5.32 Å². The third kappa shape index (κ3) is 3.36. The fourth-order valence-corrected chi connectivity index (χ4v) is 1.71. The zero-order chi connectivity index (χ0) is 13.0. The van der Waals surface area contributed by atoms with Crippen LogP contribution in [0.15, 0.2) is 18.2 Å². The molecule has 2 atom stereocenters. The maximum absolute atomic E-state index is 11.3. The Kier molecular flexibility index (Phi) is 4.81. The van der Waals surface area contributed by atoms with E-state index in [4.69, 9.17) is 0 Å². The lowest BCUT2D eigenvalue weighted by atomic mass is 9.96. The summed E-state index contributed by atoms with van der Waals surface area (Å²) >= 11 is 0. The minimum absolute atomic E-state index is 0.0541. The van der Waals surface area contributed by atoms with E-state index in [-0.39, 0.29) is 5.78 Å². The molecule has 0 aliphatic heterocycles. The van der Waals surface area contributed by atoms with Crippen molar-refractivity contribution >= 4 is 5.78 Å². The lowest BCUT2D eigenvalue weighted by Gasteiger charge is -2.20. The van der Waals surface area contributed by atoms with E-state index in [2.05, 4.69) is 5.32 Å². The number of hydrogen-bond acceptors (Lipinski definition) is 4. The average molecular weight is 237 g/mol. The number of carbonyl (C=O) groups is 1. The molecule has 1 aromatic rings. The third-order valence-electron chi connectivity index (χ3n) is 2.78. The molecule has 1 rings (SSSR count). The molecule has 0 aromatic heterocycles. The minimum Gasteiger partial charge on any atom is -0.389 e. The summed E-state index contributed by atoms with van der Waals surface area (Å²) in [7, 11) is 1.70. The summed E-state index contributed by atoms with van der Waals surface area (Å²) in [6, 6.07) is 5.14. The molecule has 0 radical (unpaired) electrons. The van der Waals surface area contributed by atoms with Gasteiger partial charge in [0.05, 0.1) is 6.10 Å². The van der Waals surface area contributed by atoms with Crippen LogP contribution in [0.25, 0.3) is 0 Å². The number of ketones is 1. The van der Waals surface area contributed by atoms with Gasteiger partial charge in [0.15, 0.2) is 5.78 Å². The molecule has 4 heteroatoms. The number of likely N-dealkylation sites (N-methyl/N-ethyl adjacent to an activating group) is 1. The second-order valence-corrected chi connectivity index (χ2v) is 4.20. The highest BCUT2D eigenvalue weighted by molar-refractivity contribution is 5.94. The molecule has 17 heavy (non-hydrogen) atoms. The fourth-order valence-electron chi connectivity index (χ4n) is 1.71. The zero-order valence-electron chi connectivity index (χ0n) is 10.4. The van der Waals surface area contributed by atoms with Crippen molar-refractivity contribution in [1.29, 1.82) is 0 Å². The summed E-state index contributed by atoms with van der Waals surface area (Å²) in [5, 5.41) is 22.5. The van der Waals surface area contributed by atoms with Gasteiger partial charge in [-0.05, 0) is 38.1 Å². The van der Waals surface area contributed by atoms with Crippen molar-refractivity contribution in [2.24, 2.45) is 0 Å². The molecule has 0 saturated heterocycles. The van der Waals surface area contributed by atoms with Crippen LogP contribution in [0.2, 0.25) is 0 Å². The van der Waals surface area contributed by atoms with Crippen molar-refractivity contribution in [2.75, 3.05) is 13.6 Å². The van der Waals surface area contributed by atoms with E-state index >= 15 is 0 Å².